The zero-order chi connectivity index (χ0) is 12.3. The van der Waals surface area contributed by atoms with Crippen molar-refractivity contribution in [3.8, 4) is 0 Å². The van der Waals surface area contributed by atoms with Gasteiger partial charge in [-0.1, -0.05) is 0 Å². The van der Waals surface area contributed by atoms with Crippen LogP contribution in [0.25, 0.3) is 0 Å². The maximum Gasteiger partial charge on any atom is 0.254 e. The number of carbonyl (C=O) groups is 1. The number of alkyl halides is 1. The Morgan fingerprint density at radius 3 is 3.12 bits per heavy atom. The lowest BCUT2D eigenvalue weighted by Crippen LogP contribution is -2.39. The van der Waals surface area contributed by atoms with Crippen LogP contribution in [-0.4, -0.2) is 29.8 Å². The summed E-state index contributed by atoms with van der Waals surface area (Å²) in [5.41, 5.74) is 0.799. The molecule has 1 aliphatic rings. The van der Waals surface area contributed by atoms with E-state index >= 15 is 0 Å². The molecule has 5 heteroatoms. The highest BCUT2D eigenvalue weighted by atomic mass is 79.9. The molecule has 0 aromatic carbocycles. The Kier molecular flexibility index (Phi) is 4.88. The molecular formula is C12H15BrClNOS. The van der Waals surface area contributed by atoms with E-state index < -0.39 is 0 Å². The van der Waals surface area contributed by atoms with E-state index in [0.717, 1.165) is 35.3 Å². The summed E-state index contributed by atoms with van der Waals surface area (Å²) < 4.78 is 1.01. The van der Waals surface area contributed by atoms with Crippen LogP contribution in [0.5, 0.6) is 0 Å². The molecule has 1 aromatic heterocycles. The monoisotopic (exact) mass is 335 g/mol. The van der Waals surface area contributed by atoms with Gasteiger partial charge in [0.15, 0.2) is 0 Å². The molecule has 0 spiro atoms. The molecular weight excluding hydrogens is 322 g/mol. The van der Waals surface area contributed by atoms with Gasteiger partial charge in [-0.15, -0.1) is 22.9 Å². The maximum absolute atomic E-state index is 12.2. The molecule has 0 N–H and O–H groups in total. The lowest BCUT2D eigenvalue weighted by molar-refractivity contribution is 0.0672. The van der Waals surface area contributed by atoms with Crippen LogP contribution in [0.1, 0.15) is 29.6 Å². The van der Waals surface area contributed by atoms with Gasteiger partial charge in [0.1, 0.15) is 0 Å². The van der Waals surface area contributed by atoms with Crippen molar-refractivity contribution >= 4 is 44.8 Å². The first-order valence-corrected chi connectivity index (χ1v) is 8.00. The molecule has 1 amide bonds. The van der Waals surface area contributed by atoms with E-state index in [-0.39, 0.29) is 5.91 Å². The predicted molar refractivity (Wildman–Crippen MR) is 76.0 cm³/mol. The Morgan fingerprint density at radius 2 is 2.47 bits per heavy atom. The third-order valence-electron chi connectivity index (χ3n) is 3.14. The van der Waals surface area contributed by atoms with E-state index in [2.05, 4.69) is 15.9 Å². The van der Waals surface area contributed by atoms with E-state index in [0.29, 0.717) is 11.8 Å². The number of piperidine rings is 1. The molecule has 1 atom stereocenters. The van der Waals surface area contributed by atoms with Crippen LogP contribution < -0.4 is 0 Å². The lowest BCUT2D eigenvalue weighted by Gasteiger charge is -2.32. The van der Waals surface area contributed by atoms with Crippen molar-refractivity contribution in [2.24, 2.45) is 5.92 Å². The second-order valence-electron chi connectivity index (χ2n) is 4.38. The third kappa shape index (κ3) is 3.46. The second-order valence-corrected chi connectivity index (χ2v) is 7.05. The quantitative estimate of drug-likeness (QED) is 0.764. The van der Waals surface area contributed by atoms with Gasteiger partial charge >= 0.3 is 0 Å². The largest absolute Gasteiger partial charge is 0.338 e. The van der Waals surface area contributed by atoms with Gasteiger partial charge in [-0.25, -0.2) is 0 Å². The van der Waals surface area contributed by atoms with Gasteiger partial charge in [-0.2, -0.15) is 0 Å². The predicted octanol–water partition coefficient (Wildman–Crippen LogP) is 3.99. The van der Waals surface area contributed by atoms with Gasteiger partial charge in [0, 0.05) is 24.3 Å². The third-order valence-corrected chi connectivity index (χ3v) is 4.86. The maximum atomic E-state index is 12.2. The summed E-state index contributed by atoms with van der Waals surface area (Å²) in [6.07, 6.45) is 3.31. The summed E-state index contributed by atoms with van der Waals surface area (Å²) in [6, 6.07) is 1.90. The molecule has 2 rings (SSSR count). The standard InChI is InChI=1S/C12H15BrClNOS/c13-11-6-10(8-17-11)12(16)15-5-1-2-9(7-15)3-4-14/h6,8-9H,1-5,7H2. The molecule has 2 heterocycles. The number of hydrogen-bond acceptors (Lipinski definition) is 2. The number of thiophene rings is 1. The minimum absolute atomic E-state index is 0.159. The number of nitrogens with zero attached hydrogens (tertiary/aromatic N) is 1. The summed E-state index contributed by atoms with van der Waals surface area (Å²) >= 11 is 10.7. The SMILES string of the molecule is O=C(c1csc(Br)c1)N1CCCC(CCCl)C1. The summed E-state index contributed by atoms with van der Waals surface area (Å²) in [5, 5.41) is 1.91. The Labute approximate surface area is 119 Å². The van der Waals surface area contributed by atoms with Crippen LogP contribution >= 0.6 is 38.9 Å². The Bertz CT molecular complexity index is 394. The van der Waals surface area contributed by atoms with Crippen molar-refractivity contribution in [2.75, 3.05) is 19.0 Å². The van der Waals surface area contributed by atoms with Crippen molar-refractivity contribution in [3.05, 3.63) is 20.8 Å². The van der Waals surface area contributed by atoms with Gasteiger partial charge in [0.25, 0.3) is 5.91 Å². The van der Waals surface area contributed by atoms with Crippen molar-refractivity contribution in [3.63, 3.8) is 0 Å². The highest BCUT2D eigenvalue weighted by Gasteiger charge is 2.24. The van der Waals surface area contributed by atoms with Gasteiger partial charge in [0.05, 0.1) is 9.35 Å². The van der Waals surface area contributed by atoms with Crippen LogP contribution in [0.15, 0.2) is 15.2 Å². The smallest absolute Gasteiger partial charge is 0.254 e. The molecule has 2 nitrogen and oxygen atoms in total. The van der Waals surface area contributed by atoms with Crippen LogP contribution in [-0.2, 0) is 0 Å². The van der Waals surface area contributed by atoms with Crippen LogP contribution in [0, 0.1) is 5.92 Å². The number of rotatable bonds is 3. The van der Waals surface area contributed by atoms with Crippen molar-refractivity contribution in [1.82, 2.24) is 4.90 Å². The number of amides is 1. The van der Waals surface area contributed by atoms with Gasteiger partial charge in [0.2, 0.25) is 0 Å². The molecule has 1 aliphatic heterocycles. The summed E-state index contributed by atoms with van der Waals surface area (Å²) in [6.45, 7) is 1.74. The number of carbonyl (C=O) groups excluding carboxylic acids is 1. The van der Waals surface area contributed by atoms with E-state index in [1.807, 2.05) is 16.3 Å². The fraction of sp³-hybridized carbons (Fsp3) is 0.583. The summed E-state index contributed by atoms with van der Waals surface area (Å²) in [7, 11) is 0. The second kappa shape index (κ2) is 6.21. The zero-order valence-electron chi connectivity index (χ0n) is 9.49. The average molecular weight is 337 g/mol. The molecule has 0 aliphatic carbocycles. The topological polar surface area (TPSA) is 20.3 Å². The molecule has 0 bridgehead atoms. The molecule has 0 radical (unpaired) electrons. The van der Waals surface area contributed by atoms with Crippen molar-refractivity contribution < 1.29 is 4.79 Å². The number of hydrogen-bond donors (Lipinski definition) is 0. The Hall–Kier alpha value is -0.0600. The Balaban J connectivity index is 1.99. The van der Waals surface area contributed by atoms with E-state index in [4.69, 9.17) is 11.6 Å². The highest BCUT2D eigenvalue weighted by Crippen LogP contribution is 2.25. The van der Waals surface area contributed by atoms with E-state index in [1.54, 1.807) is 11.3 Å². The van der Waals surface area contributed by atoms with Crippen LogP contribution in [0.2, 0.25) is 0 Å². The first kappa shape index (κ1) is 13.4. The van der Waals surface area contributed by atoms with Crippen molar-refractivity contribution in [1.29, 1.82) is 0 Å². The Morgan fingerprint density at radius 1 is 1.65 bits per heavy atom. The average Bonchev–Trinajstić information content (AvgIpc) is 2.76. The van der Waals surface area contributed by atoms with Crippen molar-refractivity contribution in [2.45, 2.75) is 19.3 Å². The molecule has 0 saturated carbocycles. The molecule has 1 fully saturated rings. The lowest BCUT2D eigenvalue weighted by atomic mass is 9.95. The van der Waals surface area contributed by atoms with Gasteiger partial charge < -0.3 is 4.90 Å². The fourth-order valence-electron chi connectivity index (χ4n) is 2.24. The summed E-state index contributed by atoms with van der Waals surface area (Å²) in [5.74, 6) is 1.43. The fourth-order valence-corrected chi connectivity index (χ4v) is 3.68. The molecule has 1 unspecified atom stereocenters. The van der Waals surface area contributed by atoms with E-state index in [1.165, 1.54) is 6.42 Å². The highest BCUT2D eigenvalue weighted by molar-refractivity contribution is 9.11. The molecule has 17 heavy (non-hydrogen) atoms. The normalized spacial score (nSPS) is 20.6. The van der Waals surface area contributed by atoms with Gasteiger partial charge in [-0.05, 0) is 47.2 Å². The number of likely N-dealkylation sites (tertiary alicyclic amines) is 1. The van der Waals surface area contributed by atoms with Crippen LogP contribution in [0.4, 0.5) is 0 Å². The minimum atomic E-state index is 0.159. The zero-order valence-corrected chi connectivity index (χ0v) is 12.7. The van der Waals surface area contributed by atoms with Gasteiger partial charge in [-0.3, -0.25) is 4.79 Å². The van der Waals surface area contributed by atoms with E-state index in [9.17, 15) is 4.79 Å². The first-order chi connectivity index (χ1) is 8.20. The minimum Gasteiger partial charge on any atom is -0.338 e. The summed E-state index contributed by atoms with van der Waals surface area (Å²) in [4.78, 5) is 14.2. The first-order valence-electron chi connectivity index (χ1n) is 5.80. The molecule has 1 saturated heterocycles. The molecule has 1 aromatic rings. The van der Waals surface area contributed by atoms with Crippen LogP contribution in [0.3, 0.4) is 0 Å². The molecule has 94 valence electrons. The number of halogens is 2.